The standard InChI is InChI=1S/C15H31N3O/c1-13(11-16)12-18(3)15(19)6-4-5-14-7-9-17(2)10-8-14/h13-14H,4-12,16H2,1-3H3. The predicted molar refractivity (Wildman–Crippen MR) is 79.9 cm³/mol. The highest BCUT2D eigenvalue weighted by Crippen LogP contribution is 2.21. The number of carbonyl (C=O) groups is 1. The molecule has 1 rings (SSSR count). The Morgan fingerprint density at radius 3 is 2.63 bits per heavy atom. The fraction of sp³-hybridized carbons (Fsp3) is 0.933. The monoisotopic (exact) mass is 269 g/mol. The molecular weight excluding hydrogens is 238 g/mol. The first-order valence-corrected chi connectivity index (χ1v) is 7.65. The molecule has 112 valence electrons. The van der Waals surface area contributed by atoms with Gasteiger partial charge in [-0.1, -0.05) is 6.92 Å². The van der Waals surface area contributed by atoms with Gasteiger partial charge in [0.15, 0.2) is 0 Å². The summed E-state index contributed by atoms with van der Waals surface area (Å²) >= 11 is 0. The zero-order valence-electron chi connectivity index (χ0n) is 12.9. The van der Waals surface area contributed by atoms with Gasteiger partial charge >= 0.3 is 0 Å². The summed E-state index contributed by atoms with van der Waals surface area (Å²) in [5, 5.41) is 0. The first-order valence-electron chi connectivity index (χ1n) is 7.65. The summed E-state index contributed by atoms with van der Waals surface area (Å²) < 4.78 is 0. The van der Waals surface area contributed by atoms with E-state index in [2.05, 4.69) is 18.9 Å². The van der Waals surface area contributed by atoms with Crippen molar-refractivity contribution in [3.8, 4) is 0 Å². The van der Waals surface area contributed by atoms with E-state index in [1.54, 1.807) is 0 Å². The van der Waals surface area contributed by atoms with E-state index < -0.39 is 0 Å². The normalized spacial score (nSPS) is 19.4. The second-order valence-electron chi connectivity index (χ2n) is 6.25. The maximum atomic E-state index is 12.0. The molecule has 4 heteroatoms. The van der Waals surface area contributed by atoms with Crippen LogP contribution in [0.3, 0.4) is 0 Å². The van der Waals surface area contributed by atoms with Gasteiger partial charge in [-0.3, -0.25) is 4.79 Å². The van der Waals surface area contributed by atoms with Crippen LogP contribution in [-0.4, -0.2) is 56.0 Å². The number of amides is 1. The minimum atomic E-state index is 0.272. The Morgan fingerprint density at radius 1 is 1.42 bits per heavy atom. The van der Waals surface area contributed by atoms with Crippen molar-refractivity contribution in [1.82, 2.24) is 9.80 Å². The van der Waals surface area contributed by atoms with Crippen LogP contribution in [0.5, 0.6) is 0 Å². The predicted octanol–water partition coefficient (Wildman–Crippen LogP) is 1.55. The van der Waals surface area contributed by atoms with Crippen molar-refractivity contribution < 1.29 is 4.79 Å². The molecule has 1 heterocycles. The van der Waals surface area contributed by atoms with Crippen molar-refractivity contribution in [3.63, 3.8) is 0 Å². The molecule has 1 atom stereocenters. The highest BCUT2D eigenvalue weighted by Gasteiger charge is 2.17. The molecule has 0 aromatic carbocycles. The fourth-order valence-corrected chi connectivity index (χ4v) is 2.73. The molecule has 4 nitrogen and oxygen atoms in total. The Labute approximate surface area is 118 Å². The van der Waals surface area contributed by atoms with Crippen LogP contribution in [0.25, 0.3) is 0 Å². The van der Waals surface area contributed by atoms with E-state index in [1.807, 2.05) is 11.9 Å². The molecular formula is C15H31N3O. The number of nitrogens with two attached hydrogens (primary N) is 1. The smallest absolute Gasteiger partial charge is 0.222 e. The van der Waals surface area contributed by atoms with E-state index in [4.69, 9.17) is 5.73 Å². The van der Waals surface area contributed by atoms with Gasteiger partial charge in [0.2, 0.25) is 5.91 Å². The molecule has 0 aromatic heterocycles. The van der Waals surface area contributed by atoms with Gasteiger partial charge in [0.05, 0.1) is 0 Å². The van der Waals surface area contributed by atoms with Gasteiger partial charge in [-0.15, -0.1) is 0 Å². The lowest BCUT2D eigenvalue weighted by Gasteiger charge is -2.29. The first kappa shape index (κ1) is 16.4. The van der Waals surface area contributed by atoms with Crippen molar-refractivity contribution in [2.45, 2.75) is 39.0 Å². The third-order valence-corrected chi connectivity index (χ3v) is 4.25. The van der Waals surface area contributed by atoms with E-state index in [1.165, 1.54) is 32.4 Å². The molecule has 0 aromatic rings. The topological polar surface area (TPSA) is 49.6 Å². The Hall–Kier alpha value is -0.610. The maximum Gasteiger partial charge on any atom is 0.222 e. The van der Waals surface area contributed by atoms with Crippen molar-refractivity contribution in [3.05, 3.63) is 0 Å². The maximum absolute atomic E-state index is 12.0. The van der Waals surface area contributed by atoms with Crippen LogP contribution < -0.4 is 5.73 Å². The number of hydrogen-bond acceptors (Lipinski definition) is 3. The Bertz CT molecular complexity index is 262. The Balaban J connectivity index is 2.12. The summed E-state index contributed by atoms with van der Waals surface area (Å²) in [7, 11) is 4.08. The number of rotatable bonds is 7. The Morgan fingerprint density at radius 2 is 2.05 bits per heavy atom. The average Bonchev–Trinajstić information content (AvgIpc) is 2.40. The van der Waals surface area contributed by atoms with Gasteiger partial charge in [-0.25, -0.2) is 0 Å². The quantitative estimate of drug-likeness (QED) is 0.763. The van der Waals surface area contributed by atoms with E-state index in [0.717, 1.165) is 18.9 Å². The minimum absolute atomic E-state index is 0.272. The van der Waals surface area contributed by atoms with Crippen LogP contribution in [0.2, 0.25) is 0 Å². The molecule has 19 heavy (non-hydrogen) atoms. The van der Waals surface area contributed by atoms with Gasteiger partial charge < -0.3 is 15.5 Å². The third-order valence-electron chi connectivity index (χ3n) is 4.25. The van der Waals surface area contributed by atoms with Crippen LogP contribution in [0.4, 0.5) is 0 Å². The van der Waals surface area contributed by atoms with Gasteiger partial charge in [-0.05, 0) is 64.2 Å². The third kappa shape index (κ3) is 6.39. The van der Waals surface area contributed by atoms with E-state index in [-0.39, 0.29) is 5.91 Å². The van der Waals surface area contributed by atoms with Crippen LogP contribution in [0.1, 0.15) is 39.0 Å². The van der Waals surface area contributed by atoms with Crippen molar-refractivity contribution in [2.24, 2.45) is 17.6 Å². The number of carbonyl (C=O) groups excluding carboxylic acids is 1. The minimum Gasteiger partial charge on any atom is -0.345 e. The van der Waals surface area contributed by atoms with Crippen LogP contribution in [0, 0.1) is 11.8 Å². The summed E-state index contributed by atoms with van der Waals surface area (Å²) in [5.74, 6) is 1.49. The van der Waals surface area contributed by atoms with E-state index in [9.17, 15) is 4.79 Å². The van der Waals surface area contributed by atoms with Crippen LogP contribution in [-0.2, 0) is 4.79 Å². The molecule has 1 aliphatic rings. The van der Waals surface area contributed by atoms with E-state index >= 15 is 0 Å². The van der Waals surface area contributed by atoms with Crippen molar-refractivity contribution >= 4 is 5.91 Å². The molecule has 1 unspecified atom stereocenters. The molecule has 1 saturated heterocycles. The Kier molecular flexibility index (Phi) is 7.39. The number of hydrogen-bond donors (Lipinski definition) is 1. The highest BCUT2D eigenvalue weighted by molar-refractivity contribution is 5.75. The number of piperidine rings is 1. The molecule has 0 aliphatic carbocycles. The molecule has 0 saturated carbocycles. The first-order chi connectivity index (χ1) is 9.02. The van der Waals surface area contributed by atoms with Gasteiger partial charge in [0, 0.05) is 20.0 Å². The molecule has 1 fully saturated rings. The molecule has 0 bridgehead atoms. The SMILES string of the molecule is CC(CN)CN(C)C(=O)CCCC1CCN(C)CC1. The molecule has 2 N–H and O–H groups in total. The van der Waals surface area contributed by atoms with Crippen molar-refractivity contribution in [2.75, 3.05) is 40.3 Å². The number of nitrogens with zero attached hydrogens (tertiary/aromatic N) is 2. The van der Waals surface area contributed by atoms with Gasteiger partial charge in [0.1, 0.15) is 0 Å². The second kappa shape index (κ2) is 8.54. The highest BCUT2D eigenvalue weighted by atomic mass is 16.2. The average molecular weight is 269 g/mol. The van der Waals surface area contributed by atoms with Crippen LogP contribution >= 0.6 is 0 Å². The van der Waals surface area contributed by atoms with Gasteiger partial charge in [0.25, 0.3) is 0 Å². The van der Waals surface area contributed by atoms with Gasteiger partial charge in [-0.2, -0.15) is 0 Å². The molecule has 0 spiro atoms. The second-order valence-corrected chi connectivity index (χ2v) is 6.25. The summed E-state index contributed by atoms with van der Waals surface area (Å²) in [5.41, 5.74) is 5.59. The van der Waals surface area contributed by atoms with E-state index in [0.29, 0.717) is 18.9 Å². The lowest BCUT2D eigenvalue weighted by molar-refractivity contribution is -0.130. The summed E-state index contributed by atoms with van der Waals surface area (Å²) in [6.45, 7) is 5.94. The zero-order chi connectivity index (χ0) is 14.3. The summed E-state index contributed by atoms with van der Waals surface area (Å²) in [6.07, 6.45) is 5.53. The summed E-state index contributed by atoms with van der Waals surface area (Å²) in [4.78, 5) is 16.2. The molecule has 1 aliphatic heterocycles. The largest absolute Gasteiger partial charge is 0.345 e. The number of likely N-dealkylation sites (tertiary alicyclic amines) is 1. The van der Waals surface area contributed by atoms with Crippen LogP contribution in [0.15, 0.2) is 0 Å². The lowest BCUT2D eigenvalue weighted by atomic mass is 9.92. The summed E-state index contributed by atoms with van der Waals surface area (Å²) in [6, 6.07) is 0. The molecule has 1 amide bonds. The van der Waals surface area contributed by atoms with Crippen molar-refractivity contribution in [1.29, 1.82) is 0 Å². The molecule has 0 radical (unpaired) electrons. The fourth-order valence-electron chi connectivity index (χ4n) is 2.73. The lowest BCUT2D eigenvalue weighted by Crippen LogP contribution is -2.33. The zero-order valence-corrected chi connectivity index (χ0v) is 12.9.